The van der Waals surface area contributed by atoms with Gasteiger partial charge in [-0.15, -0.1) is 0 Å². The Hall–Kier alpha value is -3.14. The number of anilines is 1. The summed E-state index contributed by atoms with van der Waals surface area (Å²) in [5.41, 5.74) is 1.42. The number of thiazole rings is 1. The van der Waals surface area contributed by atoms with Gasteiger partial charge in [-0.05, 0) is 68.4 Å². The van der Waals surface area contributed by atoms with E-state index in [1.807, 2.05) is 36.6 Å². The van der Waals surface area contributed by atoms with Crippen molar-refractivity contribution in [3.63, 3.8) is 0 Å². The van der Waals surface area contributed by atoms with E-state index < -0.39 is 15.9 Å². The molecule has 0 saturated carbocycles. The van der Waals surface area contributed by atoms with Crippen LogP contribution < -0.4 is 14.3 Å². The normalized spacial score (nSPS) is 12.1. The standard InChI is InChI=1S/C24H22ClN3O4S2/c1-3-28-22-20(32-4-2)9-6-10-21(22)33-24(28)26-23(29)16-7-5-8-18(15-16)27-34(30,31)19-13-11-17(25)12-14-19/h5-15,27H,3-4H2,1-2H3. The molecule has 0 aliphatic carbocycles. The van der Waals surface area contributed by atoms with Crippen molar-refractivity contribution < 1.29 is 17.9 Å². The number of para-hydroxylation sites is 1. The van der Waals surface area contributed by atoms with Crippen molar-refractivity contribution in [1.29, 1.82) is 0 Å². The molecule has 0 atom stereocenters. The molecule has 10 heteroatoms. The zero-order valence-corrected chi connectivity index (χ0v) is 20.9. The van der Waals surface area contributed by atoms with Crippen LogP contribution in [0, 0.1) is 0 Å². The number of fused-ring (bicyclic) bond motifs is 1. The second-order valence-electron chi connectivity index (χ2n) is 7.22. The lowest BCUT2D eigenvalue weighted by atomic mass is 10.2. The van der Waals surface area contributed by atoms with Gasteiger partial charge in [-0.3, -0.25) is 9.52 Å². The molecule has 176 valence electrons. The topological polar surface area (TPSA) is 89.8 Å². The van der Waals surface area contributed by atoms with E-state index >= 15 is 0 Å². The van der Waals surface area contributed by atoms with Gasteiger partial charge >= 0.3 is 0 Å². The van der Waals surface area contributed by atoms with Gasteiger partial charge in [0.1, 0.15) is 11.3 Å². The number of rotatable bonds is 7. The van der Waals surface area contributed by atoms with Crippen LogP contribution in [0.25, 0.3) is 10.2 Å². The minimum atomic E-state index is -3.84. The van der Waals surface area contributed by atoms with Crippen molar-refractivity contribution in [2.75, 3.05) is 11.3 Å². The largest absolute Gasteiger partial charge is 0.492 e. The van der Waals surface area contributed by atoms with Crippen LogP contribution >= 0.6 is 22.9 Å². The maximum absolute atomic E-state index is 13.0. The Bertz CT molecular complexity index is 1520. The summed E-state index contributed by atoms with van der Waals surface area (Å²) in [6.45, 7) is 5.04. The Labute approximate surface area is 206 Å². The Balaban J connectivity index is 1.67. The summed E-state index contributed by atoms with van der Waals surface area (Å²) in [6.07, 6.45) is 0. The number of nitrogens with zero attached hydrogens (tertiary/aromatic N) is 2. The van der Waals surface area contributed by atoms with Crippen molar-refractivity contribution in [1.82, 2.24) is 4.57 Å². The average molecular weight is 516 g/mol. The van der Waals surface area contributed by atoms with E-state index in [4.69, 9.17) is 16.3 Å². The number of nitrogens with one attached hydrogen (secondary N) is 1. The third-order valence-corrected chi connectivity index (χ3v) is 7.66. The second kappa shape index (κ2) is 10.0. The molecule has 34 heavy (non-hydrogen) atoms. The van der Waals surface area contributed by atoms with E-state index in [0.29, 0.717) is 23.0 Å². The van der Waals surface area contributed by atoms with Crippen LogP contribution in [-0.4, -0.2) is 25.5 Å². The van der Waals surface area contributed by atoms with Crippen LogP contribution in [0.15, 0.2) is 76.6 Å². The van der Waals surface area contributed by atoms with Crippen LogP contribution in [0.1, 0.15) is 24.2 Å². The number of aromatic nitrogens is 1. The van der Waals surface area contributed by atoms with E-state index in [1.165, 1.54) is 41.7 Å². The number of amides is 1. The predicted octanol–water partition coefficient (Wildman–Crippen LogP) is 5.32. The third-order valence-electron chi connectivity index (χ3n) is 4.96. The maximum Gasteiger partial charge on any atom is 0.279 e. The molecule has 1 N–H and O–H groups in total. The monoisotopic (exact) mass is 515 g/mol. The first-order valence-corrected chi connectivity index (χ1v) is 13.2. The summed E-state index contributed by atoms with van der Waals surface area (Å²) in [5.74, 6) is 0.268. The van der Waals surface area contributed by atoms with Gasteiger partial charge in [0.05, 0.1) is 16.2 Å². The van der Waals surface area contributed by atoms with Gasteiger partial charge in [0.15, 0.2) is 4.80 Å². The molecule has 1 heterocycles. The Morgan fingerprint density at radius 2 is 1.82 bits per heavy atom. The minimum Gasteiger partial charge on any atom is -0.492 e. The molecule has 1 aromatic heterocycles. The van der Waals surface area contributed by atoms with Gasteiger partial charge in [-0.1, -0.05) is 35.1 Å². The molecule has 0 fully saturated rings. The number of carbonyl (C=O) groups is 1. The van der Waals surface area contributed by atoms with Crippen LogP contribution in [0.5, 0.6) is 5.75 Å². The van der Waals surface area contributed by atoms with Gasteiger partial charge in [0, 0.05) is 22.8 Å². The predicted molar refractivity (Wildman–Crippen MR) is 135 cm³/mol. The number of hydrogen-bond acceptors (Lipinski definition) is 5. The summed E-state index contributed by atoms with van der Waals surface area (Å²) in [5, 5.41) is 0.437. The van der Waals surface area contributed by atoms with Gasteiger partial charge in [0.25, 0.3) is 15.9 Å². The molecule has 0 aliphatic heterocycles. The lowest BCUT2D eigenvalue weighted by Crippen LogP contribution is -2.16. The Morgan fingerprint density at radius 3 is 2.53 bits per heavy atom. The van der Waals surface area contributed by atoms with Crippen molar-refractivity contribution in [3.05, 3.63) is 82.1 Å². The molecule has 0 unspecified atom stereocenters. The van der Waals surface area contributed by atoms with E-state index in [-0.39, 0.29) is 16.1 Å². The van der Waals surface area contributed by atoms with Crippen molar-refractivity contribution in [2.45, 2.75) is 25.3 Å². The number of halogens is 1. The van der Waals surface area contributed by atoms with Crippen LogP contribution in [0.3, 0.4) is 0 Å². The number of ether oxygens (including phenoxy) is 1. The number of sulfonamides is 1. The first-order valence-electron chi connectivity index (χ1n) is 10.5. The molecule has 0 bridgehead atoms. The molecular weight excluding hydrogens is 494 g/mol. The highest BCUT2D eigenvalue weighted by atomic mass is 35.5. The van der Waals surface area contributed by atoms with Crippen molar-refractivity contribution in [3.8, 4) is 5.75 Å². The summed E-state index contributed by atoms with van der Waals surface area (Å²) >= 11 is 7.24. The van der Waals surface area contributed by atoms with Crippen molar-refractivity contribution >= 4 is 54.8 Å². The van der Waals surface area contributed by atoms with Gasteiger partial charge < -0.3 is 9.30 Å². The smallest absolute Gasteiger partial charge is 0.279 e. The lowest BCUT2D eigenvalue weighted by Gasteiger charge is -2.09. The zero-order chi connectivity index (χ0) is 24.3. The first-order chi connectivity index (χ1) is 16.3. The Kier molecular flexibility index (Phi) is 7.06. The molecule has 0 aliphatic rings. The fraction of sp³-hybridized carbons (Fsp3) is 0.167. The molecule has 4 rings (SSSR count). The van der Waals surface area contributed by atoms with Crippen LogP contribution in [-0.2, 0) is 16.6 Å². The molecular formula is C24H22ClN3O4S2. The van der Waals surface area contributed by atoms with E-state index in [1.54, 1.807) is 18.2 Å². The molecule has 4 aromatic rings. The van der Waals surface area contributed by atoms with E-state index in [0.717, 1.165) is 16.0 Å². The fourth-order valence-electron chi connectivity index (χ4n) is 3.44. The number of hydrogen-bond donors (Lipinski definition) is 1. The highest BCUT2D eigenvalue weighted by Gasteiger charge is 2.16. The van der Waals surface area contributed by atoms with E-state index in [2.05, 4.69) is 9.71 Å². The summed E-state index contributed by atoms with van der Waals surface area (Å²) < 4.78 is 36.5. The lowest BCUT2D eigenvalue weighted by molar-refractivity contribution is 0.0998. The highest BCUT2D eigenvalue weighted by molar-refractivity contribution is 7.92. The first kappa shape index (κ1) is 24.0. The molecule has 0 spiro atoms. The molecule has 3 aromatic carbocycles. The summed E-state index contributed by atoms with van der Waals surface area (Å²) in [6, 6.07) is 17.8. The Morgan fingerprint density at radius 1 is 1.09 bits per heavy atom. The highest BCUT2D eigenvalue weighted by Crippen LogP contribution is 2.27. The maximum atomic E-state index is 13.0. The van der Waals surface area contributed by atoms with Gasteiger partial charge in [0.2, 0.25) is 0 Å². The zero-order valence-electron chi connectivity index (χ0n) is 18.5. The van der Waals surface area contributed by atoms with Crippen LogP contribution in [0.2, 0.25) is 5.02 Å². The van der Waals surface area contributed by atoms with E-state index in [9.17, 15) is 13.2 Å². The summed E-state index contributed by atoms with van der Waals surface area (Å²) in [7, 11) is -3.84. The third kappa shape index (κ3) is 5.01. The SMILES string of the molecule is CCOc1cccc2sc(=NC(=O)c3cccc(NS(=O)(=O)c4ccc(Cl)cc4)c3)n(CC)c12. The minimum absolute atomic E-state index is 0.0673. The molecule has 1 amide bonds. The average Bonchev–Trinajstić information content (AvgIpc) is 3.17. The number of benzene rings is 3. The van der Waals surface area contributed by atoms with Crippen molar-refractivity contribution in [2.24, 2.45) is 4.99 Å². The molecule has 7 nitrogen and oxygen atoms in total. The van der Waals surface area contributed by atoms with Gasteiger partial charge in [-0.2, -0.15) is 4.99 Å². The van der Waals surface area contributed by atoms with Gasteiger partial charge in [-0.25, -0.2) is 8.42 Å². The number of carbonyl (C=O) groups excluding carboxylic acids is 1. The molecule has 0 radical (unpaired) electrons. The molecule has 0 saturated heterocycles. The number of aryl methyl sites for hydroxylation is 1. The summed E-state index contributed by atoms with van der Waals surface area (Å²) in [4.78, 5) is 17.9. The second-order valence-corrected chi connectivity index (χ2v) is 10.3. The quantitative estimate of drug-likeness (QED) is 0.361. The fourth-order valence-corrected chi connectivity index (χ4v) is 5.73. The van der Waals surface area contributed by atoms with Crippen LogP contribution in [0.4, 0.5) is 5.69 Å².